The van der Waals surface area contributed by atoms with Crippen LogP contribution in [0.15, 0.2) is 5.16 Å². The monoisotopic (exact) mass is 415 g/mol. The Morgan fingerprint density at radius 1 is 0.966 bits per heavy atom. The normalized spacial score (nSPS) is 23.4. The largest absolute Gasteiger partial charge is 0.463 e. The summed E-state index contributed by atoms with van der Waals surface area (Å²) in [7, 11) is 0. The zero-order valence-corrected chi connectivity index (χ0v) is 18.1. The maximum absolute atomic E-state index is 11.8. The van der Waals surface area contributed by atoms with Crippen LogP contribution in [0.25, 0.3) is 0 Å². The molecule has 0 aromatic heterocycles. The number of unbranched alkanes of at least 4 members (excludes halogenated alkanes) is 12. The number of ether oxygens (including phenoxy) is 2. The molecule has 1 saturated heterocycles. The molecule has 0 bridgehead atoms. The van der Waals surface area contributed by atoms with Crippen molar-refractivity contribution in [2.24, 2.45) is 5.16 Å². The van der Waals surface area contributed by atoms with Crippen LogP contribution < -0.4 is 0 Å². The third kappa shape index (κ3) is 11.6. The Labute approximate surface area is 175 Å². The zero-order chi connectivity index (χ0) is 21.3. The van der Waals surface area contributed by atoms with Crippen molar-refractivity contribution in [2.45, 2.75) is 115 Å². The van der Waals surface area contributed by atoms with E-state index in [1.807, 2.05) is 0 Å². The number of aliphatic hydroxyl groups excluding tert-OH is 2. The summed E-state index contributed by atoms with van der Waals surface area (Å²) in [5.41, 5.74) is -0.0351. The van der Waals surface area contributed by atoms with Gasteiger partial charge in [-0.25, -0.2) is 0 Å². The molecule has 0 saturated carbocycles. The highest BCUT2D eigenvalue weighted by Gasteiger charge is 2.37. The van der Waals surface area contributed by atoms with Crippen molar-refractivity contribution in [2.75, 3.05) is 13.2 Å². The zero-order valence-electron chi connectivity index (χ0n) is 18.1. The molecule has 1 fully saturated rings. The minimum absolute atomic E-state index is 0.0351. The van der Waals surface area contributed by atoms with Crippen LogP contribution >= 0.6 is 0 Å². The fourth-order valence-electron chi connectivity index (χ4n) is 3.55. The Hall–Kier alpha value is -1.18. The SMILES string of the molecule is CCCCCCCCCCCCCCCC(=O)OC[C@H]1OCC(=NO)[C@@H](O)[C@@H]1O. The van der Waals surface area contributed by atoms with Gasteiger partial charge in [0.05, 0.1) is 6.61 Å². The van der Waals surface area contributed by atoms with E-state index in [2.05, 4.69) is 12.1 Å². The van der Waals surface area contributed by atoms with E-state index in [9.17, 15) is 15.0 Å². The van der Waals surface area contributed by atoms with Gasteiger partial charge in [-0.2, -0.15) is 0 Å². The molecule has 1 rings (SSSR count). The van der Waals surface area contributed by atoms with E-state index in [1.165, 1.54) is 64.2 Å². The number of carbonyl (C=O) groups excluding carboxylic acids is 1. The van der Waals surface area contributed by atoms with E-state index in [0.717, 1.165) is 19.3 Å². The number of hydrogen-bond acceptors (Lipinski definition) is 7. The molecule has 0 amide bonds. The minimum atomic E-state index is -1.31. The van der Waals surface area contributed by atoms with Crippen molar-refractivity contribution in [3.8, 4) is 0 Å². The van der Waals surface area contributed by atoms with Crippen LogP contribution in [-0.4, -0.2) is 58.6 Å². The summed E-state index contributed by atoms with van der Waals surface area (Å²) in [6, 6.07) is 0. The van der Waals surface area contributed by atoms with Crippen molar-refractivity contribution >= 4 is 11.7 Å². The second-order valence-corrected chi connectivity index (χ2v) is 8.05. The fraction of sp³-hybridized carbons (Fsp3) is 0.909. The Kier molecular flexibility index (Phi) is 14.8. The number of hydrogen-bond donors (Lipinski definition) is 3. The Bertz CT molecular complexity index is 457. The van der Waals surface area contributed by atoms with Gasteiger partial charge >= 0.3 is 5.97 Å². The lowest BCUT2D eigenvalue weighted by atomic mass is 10.0. The Morgan fingerprint density at radius 2 is 1.48 bits per heavy atom. The topological polar surface area (TPSA) is 109 Å². The van der Waals surface area contributed by atoms with E-state index < -0.39 is 18.3 Å². The second-order valence-electron chi connectivity index (χ2n) is 8.05. The summed E-state index contributed by atoms with van der Waals surface area (Å²) in [6.07, 6.45) is 13.2. The van der Waals surface area contributed by atoms with Crippen LogP contribution in [0.4, 0.5) is 0 Å². The van der Waals surface area contributed by atoms with Crippen LogP contribution in [0, 0.1) is 0 Å². The van der Waals surface area contributed by atoms with Gasteiger partial charge in [-0.05, 0) is 6.42 Å². The summed E-state index contributed by atoms with van der Waals surface area (Å²) in [6.45, 7) is 2.03. The second kappa shape index (κ2) is 16.6. The van der Waals surface area contributed by atoms with Gasteiger partial charge in [-0.1, -0.05) is 89.1 Å². The summed E-state index contributed by atoms with van der Waals surface area (Å²) < 4.78 is 10.4. The predicted molar refractivity (Wildman–Crippen MR) is 112 cm³/mol. The quantitative estimate of drug-likeness (QED) is 0.152. The Balaban J connectivity index is 1.92. The molecule has 1 heterocycles. The van der Waals surface area contributed by atoms with Gasteiger partial charge in [0, 0.05) is 6.42 Å². The summed E-state index contributed by atoms with van der Waals surface area (Å²) in [5, 5.41) is 31.2. The highest BCUT2D eigenvalue weighted by molar-refractivity contribution is 5.90. The first-order valence-corrected chi connectivity index (χ1v) is 11.4. The standard InChI is InChI=1S/C22H41NO6/c1-2-3-4-5-6-7-8-9-10-11-12-13-14-15-20(24)29-17-19-22(26)21(25)18(23-27)16-28-19/h19,21-22,25-27H,2-17H2,1H3/t19-,21-,22-/m1/s1. The van der Waals surface area contributed by atoms with Crippen LogP contribution in [0.5, 0.6) is 0 Å². The van der Waals surface area contributed by atoms with Crippen molar-refractivity contribution in [1.29, 1.82) is 0 Å². The molecule has 0 aliphatic carbocycles. The highest BCUT2D eigenvalue weighted by Crippen LogP contribution is 2.15. The van der Waals surface area contributed by atoms with Gasteiger partial charge in [0.25, 0.3) is 0 Å². The molecule has 0 spiro atoms. The molecule has 7 nitrogen and oxygen atoms in total. The number of nitrogens with zero attached hydrogens (tertiary/aromatic N) is 1. The van der Waals surface area contributed by atoms with Crippen LogP contribution in [0.1, 0.15) is 96.8 Å². The molecule has 3 N–H and O–H groups in total. The van der Waals surface area contributed by atoms with E-state index in [0.29, 0.717) is 6.42 Å². The predicted octanol–water partition coefficient (Wildman–Crippen LogP) is 3.96. The Morgan fingerprint density at radius 3 is 2.00 bits per heavy atom. The molecule has 0 aromatic carbocycles. The van der Waals surface area contributed by atoms with Gasteiger partial charge in [-0.3, -0.25) is 4.79 Å². The van der Waals surface area contributed by atoms with Crippen molar-refractivity contribution in [3.05, 3.63) is 0 Å². The van der Waals surface area contributed by atoms with Crippen molar-refractivity contribution < 1.29 is 29.7 Å². The van der Waals surface area contributed by atoms with E-state index >= 15 is 0 Å². The summed E-state index contributed by atoms with van der Waals surface area (Å²) in [4.78, 5) is 11.8. The van der Waals surface area contributed by atoms with Crippen LogP contribution in [-0.2, 0) is 14.3 Å². The van der Waals surface area contributed by atoms with Gasteiger partial charge in [-0.15, -0.1) is 0 Å². The van der Waals surface area contributed by atoms with Crippen LogP contribution in [0.3, 0.4) is 0 Å². The van der Waals surface area contributed by atoms with E-state index in [4.69, 9.17) is 14.7 Å². The maximum Gasteiger partial charge on any atom is 0.305 e. The van der Waals surface area contributed by atoms with Crippen molar-refractivity contribution in [3.63, 3.8) is 0 Å². The highest BCUT2D eigenvalue weighted by atomic mass is 16.6. The lowest BCUT2D eigenvalue weighted by molar-refractivity contribution is -0.155. The first-order chi connectivity index (χ1) is 14.1. The average molecular weight is 416 g/mol. The van der Waals surface area contributed by atoms with E-state index in [1.54, 1.807) is 0 Å². The lowest BCUT2D eigenvalue weighted by Crippen LogP contribution is -2.52. The summed E-state index contributed by atoms with van der Waals surface area (Å²) in [5.74, 6) is -0.319. The molecular weight excluding hydrogens is 374 g/mol. The minimum Gasteiger partial charge on any atom is -0.463 e. The first-order valence-electron chi connectivity index (χ1n) is 11.4. The lowest BCUT2D eigenvalue weighted by Gasteiger charge is -2.31. The molecule has 1 aliphatic rings. The third-order valence-corrected chi connectivity index (χ3v) is 5.51. The number of oxime groups is 1. The van der Waals surface area contributed by atoms with Crippen molar-refractivity contribution in [1.82, 2.24) is 0 Å². The molecule has 170 valence electrons. The molecular formula is C22H41NO6. The van der Waals surface area contributed by atoms with E-state index in [-0.39, 0.29) is 24.9 Å². The fourth-order valence-corrected chi connectivity index (χ4v) is 3.55. The molecule has 7 heteroatoms. The number of esters is 1. The molecule has 1 aliphatic heterocycles. The third-order valence-electron chi connectivity index (χ3n) is 5.51. The average Bonchev–Trinajstić information content (AvgIpc) is 2.72. The van der Waals surface area contributed by atoms with Gasteiger partial charge in [0.2, 0.25) is 0 Å². The number of carbonyl (C=O) groups is 1. The number of aliphatic hydroxyl groups is 2. The first kappa shape index (κ1) is 25.9. The van der Waals surface area contributed by atoms with Crippen LogP contribution in [0.2, 0.25) is 0 Å². The molecule has 3 atom stereocenters. The molecule has 0 aromatic rings. The summed E-state index contributed by atoms with van der Waals surface area (Å²) >= 11 is 0. The van der Waals surface area contributed by atoms with Gasteiger partial charge in [0.15, 0.2) is 0 Å². The maximum atomic E-state index is 11.8. The van der Waals surface area contributed by atoms with Gasteiger partial charge in [0.1, 0.15) is 30.6 Å². The smallest absolute Gasteiger partial charge is 0.305 e. The van der Waals surface area contributed by atoms with Gasteiger partial charge < -0.3 is 24.9 Å². The molecule has 0 unspecified atom stereocenters. The molecule has 0 radical (unpaired) electrons. The number of rotatable bonds is 16. The molecule has 29 heavy (non-hydrogen) atoms.